The number of fused-ring (bicyclic) bond motifs is 1. The summed E-state index contributed by atoms with van der Waals surface area (Å²) >= 11 is 3.38. The first kappa shape index (κ1) is 32.2. The Labute approximate surface area is 231 Å². The van der Waals surface area contributed by atoms with E-state index < -0.39 is 30.3 Å². The van der Waals surface area contributed by atoms with Crippen LogP contribution in [0.2, 0.25) is 0 Å². The molecule has 0 radical (unpaired) electrons. The van der Waals surface area contributed by atoms with Gasteiger partial charge in [0, 0.05) is 48.8 Å². The highest BCUT2D eigenvalue weighted by molar-refractivity contribution is 9.10. The van der Waals surface area contributed by atoms with Gasteiger partial charge in [0.2, 0.25) is 0 Å². The number of methoxy groups -OCH3 is 1. The second kappa shape index (κ2) is 13.3. The van der Waals surface area contributed by atoms with Crippen molar-refractivity contribution in [2.45, 2.75) is 11.4 Å². The van der Waals surface area contributed by atoms with Crippen LogP contribution in [-0.4, -0.2) is 89.0 Å². The minimum Gasteiger partial charge on any atom is -0.497 e. The van der Waals surface area contributed by atoms with Crippen LogP contribution in [0.15, 0.2) is 58.0 Å². The largest absolute Gasteiger partial charge is 0.497 e. The second-order valence-corrected chi connectivity index (χ2v) is 13.8. The van der Waals surface area contributed by atoms with Crippen molar-refractivity contribution in [2.24, 2.45) is 0 Å². The van der Waals surface area contributed by atoms with Gasteiger partial charge in [0.25, 0.3) is 30.3 Å². The summed E-state index contributed by atoms with van der Waals surface area (Å²) in [7, 11) is -9.45. The van der Waals surface area contributed by atoms with Gasteiger partial charge in [0.15, 0.2) is 0 Å². The molecule has 212 valence electrons. The number of nitrogens with zero attached hydrogens (tertiary/aromatic N) is 2. The maximum atomic E-state index is 13.4. The van der Waals surface area contributed by atoms with Crippen LogP contribution in [0.1, 0.15) is 5.56 Å². The van der Waals surface area contributed by atoms with E-state index >= 15 is 0 Å². The van der Waals surface area contributed by atoms with Crippen LogP contribution in [-0.2, 0) is 36.8 Å². The van der Waals surface area contributed by atoms with E-state index in [9.17, 15) is 25.3 Å². The van der Waals surface area contributed by atoms with Gasteiger partial charge in [-0.2, -0.15) is 16.8 Å². The van der Waals surface area contributed by atoms with Crippen molar-refractivity contribution in [3.8, 4) is 5.75 Å². The van der Waals surface area contributed by atoms with Gasteiger partial charge in [-0.3, -0.25) is 14.0 Å². The molecule has 12 nitrogen and oxygen atoms in total. The number of nitrogens with one attached hydrogen (secondary N) is 1. The number of rotatable bonds is 5. The fraction of sp³-hybridized carbons (Fsp3) is 0.364. The molecule has 0 saturated carbocycles. The standard InChI is InChI=1S/C20H22BrN3O3S.2CH4O3S/c1-27-16-6-7-19-17(12-16)15(13-23-10-8-22-9-11-23)14-24(19)28(25,26)20-5-3-2-4-18(20)21;2*1-5(2,3)4/h2-7,12,14,22H,8-11,13H2,1H3;2*1H3,(H,2,3,4). The van der Waals surface area contributed by atoms with Crippen LogP contribution < -0.4 is 10.1 Å². The summed E-state index contributed by atoms with van der Waals surface area (Å²) in [6, 6.07) is 12.4. The first-order valence-electron chi connectivity index (χ1n) is 11.0. The highest BCUT2D eigenvalue weighted by Gasteiger charge is 2.24. The Balaban J connectivity index is 0.000000435. The van der Waals surface area contributed by atoms with Gasteiger partial charge < -0.3 is 10.1 Å². The van der Waals surface area contributed by atoms with Gasteiger partial charge in [-0.05, 0) is 51.8 Å². The minimum atomic E-state index is -3.74. The third kappa shape index (κ3) is 10.3. The molecule has 3 aromatic rings. The number of halogens is 1. The van der Waals surface area contributed by atoms with Gasteiger partial charge in [0.1, 0.15) is 10.6 Å². The molecule has 0 atom stereocenters. The minimum absolute atomic E-state index is 0.247. The topological polar surface area (TPSA) is 172 Å². The Morgan fingerprint density at radius 1 is 0.947 bits per heavy atom. The molecule has 1 aromatic heterocycles. The first-order valence-corrected chi connectivity index (χ1v) is 16.9. The van der Waals surface area contributed by atoms with Crippen LogP contribution in [0.5, 0.6) is 5.75 Å². The van der Waals surface area contributed by atoms with Crippen molar-refractivity contribution < 1.29 is 39.1 Å². The summed E-state index contributed by atoms with van der Waals surface area (Å²) < 4.78 is 85.9. The lowest BCUT2D eigenvalue weighted by Gasteiger charge is -2.26. The molecule has 1 aliphatic heterocycles. The Hall–Kier alpha value is -2.05. The zero-order valence-electron chi connectivity index (χ0n) is 20.9. The van der Waals surface area contributed by atoms with Crippen molar-refractivity contribution in [3.63, 3.8) is 0 Å². The number of hydrogen-bond acceptors (Lipinski definition) is 9. The molecule has 2 heterocycles. The van der Waals surface area contributed by atoms with E-state index in [1.165, 1.54) is 3.97 Å². The summed E-state index contributed by atoms with van der Waals surface area (Å²) in [5, 5.41) is 4.24. The molecule has 0 bridgehead atoms. The van der Waals surface area contributed by atoms with Crippen molar-refractivity contribution in [2.75, 3.05) is 45.8 Å². The molecule has 0 aliphatic carbocycles. The predicted molar refractivity (Wildman–Crippen MR) is 148 cm³/mol. The fourth-order valence-corrected chi connectivity index (χ4v) is 5.93. The van der Waals surface area contributed by atoms with E-state index in [0.29, 0.717) is 34.8 Å². The molecule has 38 heavy (non-hydrogen) atoms. The lowest BCUT2D eigenvalue weighted by atomic mass is 10.1. The first-order chi connectivity index (χ1) is 17.5. The third-order valence-electron chi connectivity index (χ3n) is 5.04. The highest BCUT2D eigenvalue weighted by atomic mass is 79.9. The van der Waals surface area contributed by atoms with Crippen LogP contribution in [0, 0.1) is 0 Å². The quantitative estimate of drug-likeness (QED) is 0.343. The molecule has 16 heteroatoms. The van der Waals surface area contributed by atoms with Crippen LogP contribution in [0.25, 0.3) is 10.9 Å². The van der Waals surface area contributed by atoms with Crippen molar-refractivity contribution in [1.82, 2.24) is 14.2 Å². The molecular weight excluding hydrogens is 626 g/mol. The molecule has 1 saturated heterocycles. The van der Waals surface area contributed by atoms with Crippen LogP contribution >= 0.6 is 15.9 Å². The number of benzene rings is 2. The van der Waals surface area contributed by atoms with E-state index in [1.807, 2.05) is 12.1 Å². The van der Waals surface area contributed by atoms with Crippen LogP contribution in [0.4, 0.5) is 0 Å². The Morgan fingerprint density at radius 3 is 2.03 bits per heavy atom. The third-order valence-corrected chi connectivity index (χ3v) is 7.72. The summed E-state index contributed by atoms with van der Waals surface area (Å²) in [6.45, 7) is 4.46. The number of aromatic nitrogens is 1. The van der Waals surface area contributed by atoms with Gasteiger partial charge in [0.05, 0.1) is 25.1 Å². The maximum absolute atomic E-state index is 13.4. The Kier molecular flexibility index (Phi) is 11.3. The number of piperazine rings is 1. The molecule has 0 spiro atoms. The Morgan fingerprint density at radius 2 is 1.50 bits per heavy atom. The zero-order valence-corrected chi connectivity index (χ0v) is 24.9. The van der Waals surface area contributed by atoms with Crippen molar-refractivity contribution >= 4 is 57.1 Å². The van der Waals surface area contributed by atoms with E-state index in [2.05, 4.69) is 26.1 Å². The van der Waals surface area contributed by atoms with Gasteiger partial charge in [-0.1, -0.05) is 12.1 Å². The molecule has 0 amide bonds. The van der Waals surface area contributed by atoms with E-state index in [-0.39, 0.29) is 4.90 Å². The molecule has 2 aromatic carbocycles. The smallest absolute Gasteiger partial charge is 0.269 e. The van der Waals surface area contributed by atoms with E-state index in [0.717, 1.165) is 37.1 Å². The molecule has 4 rings (SSSR count). The lowest BCUT2D eigenvalue weighted by Crippen LogP contribution is -2.42. The van der Waals surface area contributed by atoms with Crippen molar-refractivity contribution in [3.05, 3.63) is 58.7 Å². The lowest BCUT2D eigenvalue weighted by molar-refractivity contribution is 0.234. The normalized spacial score (nSPS) is 14.7. The Bertz CT molecular complexity index is 1520. The van der Waals surface area contributed by atoms with Crippen molar-refractivity contribution in [1.29, 1.82) is 0 Å². The second-order valence-electron chi connectivity index (χ2n) is 8.26. The van der Waals surface area contributed by atoms with E-state index in [4.69, 9.17) is 13.8 Å². The fourth-order valence-electron chi connectivity index (χ4n) is 3.57. The molecule has 3 N–H and O–H groups in total. The highest BCUT2D eigenvalue weighted by Crippen LogP contribution is 2.32. The summed E-state index contributed by atoms with van der Waals surface area (Å²) in [6.07, 6.45) is 3.18. The van der Waals surface area contributed by atoms with E-state index in [1.54, 1.807) is 43.6 Å². The molecule has 0 unspecified atom stereocenters. The van der Waals surface area contributed by atoms with Gasteiger partial charge in [-0.15, -0.1) is 0 Å². The van der Waals surface area contributed by atoms with Gasteiger partial charge >= 0.3 is 0 Å². The maximum Gasteiger partial charge on any atom is 0.269 e. The monoisotopic (exact) mass is 655 g/mol. The zero-order chi connectivity index (χ0) is 28.7. The van der Waals surface area contributed by atoms with Gasteiger partial charge in [-0.25, -0.2) is 12.4 Å². The molecule has 1 aliphatic rings. The predicted octanol–water partition coefficient (Wildman–Crippen LogP) is 2.06. The summed E-state index contributed by atoms with van der Waals surface area (Å²) in [5.41, 5.74) is 1.63. The average Bonchev–Trinajstić information content (AvgIpc) is 3.16. The number of hydrogen-bond donors (Lipinski definition) is 3. The molecular formula is C22H30BrN3O9S3. The summed E-state index contributed by atoms with van der Waals surface area (Å²) in [4.78, 5) is 2.58. The summed E-state index contributed by atoms with van der Waals surface area (Å²) in [5.74, 6) is 0.713. The van der Waals surface area contributed by atoms with Crippen LogP contribution in [0.3, 0.4) is 0 Å². The SMILES string of the molecule is COc1ccc2c(c1)c(CN1CCNCC1)cn2S(=O)(=O)c1ccccc1Br.CS(=O)(=O)O.CS(=O)(=O)O. The molecule has 1 fully saturated rings. The number of ether oxygens (including phenoxy) is 1. The average molecular weight is 657 g/mol.